The number of allylic oxidation sites excluding steroid dienone is 1. The van der Waals surface area contributed by atoms with E-state index in [2.05, 4.69) is 0 Å². The summed E-state index contributed by atoms with van der Waals surface area (Å²) in [6, 6.07) is 12.4. The molecule has 2 aromatic carbocycles. The quantitative estimate of drug-likeness (QED) is 0.569. The predicted octanol–water partition coefficient (Wildman–Crippen LogP) is 5.17. The number of benzene rings is 2. The fraction of sp³-hybridized carbons (Fsp3) is 0.308. The largest absolute Gasteiger partial charge is 0.466 e. The summed E-state index contributed by atoms with van der Waals surface area (Å²) >= 11 is 0. The van der Waals surface area contributed by atoms with Crippen LogP contribution < -0.4 is 4.90 Å². The van der Waals surface area contributed by atoms with Crippen LogP contribution in [-0.4, -0.2) is 31.0 Å². The summed E-state index contributed by atoms with van der Waals surface area (Å²) in [6.45, 7) is 4.71. The Morgan fingerprint density at radius 1 is 1.14 bits per heavy atom. The maximum Gasteiger partial charge on any atom is 0.416 e. The van der Waals surface area contributed by atoms with E-state index in [1.54, 1.807) is 26.0 Å². The number of halogens is 3. The first-order chi connectivity index (χ1) is 16.9. The number of carbonyl (C=O) groups excluding carboxylic acids is 2. The first-order valence-corrected chi connectivity index (χ1v) is 11.0. The Kier molecular flexibility index (Phi) is 7.53. The van der Waals surface area contributed by atoms with Gasteiger partial charge in [-0.25, -0.2) is 4.79 Å². The minimum Gasteiger partial charge on any atom is -0.466 e. The third-order valence-electron chi connectivity index (χ3n) is 5.75. The van der Waals surface area contributed by atoms with Crippen molar-refractivity contribution >= 4 is 23.5 Å². The number of hydrogen-bond donors (Lipinski definition) is 1. The van der Waals surface area contributed by atoms with Gasteiger partial charge in [0, 0.05) is 17.3 Å². The summed E-state index contributed by atoms with van der Waals surface area (Å²) < 4.78 is 50.7. The van der Waals surface area contributed by atoms with Gasteiger partial charge in [-0.15, -0.1) is 0 Å². The molecule has 1 heterocycles. The van der Waals surface area contributed by atoms with Gasteiger partial charge in [0.1, 0.15) is 11.8 Å². The monoisotopic (exact) mass is 499 g/mol. The Balaban J connectivity index is 2.31. The van der Waals surface area contributed by atoms with Crippen molar-refractivity contribution < 1.29 is 32.2 Å². The first-order valence-electron chi connectivity index (χ1n) is 11.0. The molecule has 0 aromatic heterocycles. The van der Waals surface area contributed by atoms with Gasteiger partial charge < -0.3 is 14.4 Å². The molecule has 10 heteroatoms. The van der Waals surface area contributed by atoms with Gasteiger partial charge in [-0.3, -0.25) is 10.2 Å². The highest BCUT2D eigenvalue weighted by molar-refractivity contribution is 6.14. The summed E-state index contributed by atoms with van der Waals surface area (Å²) in [5, 5.41) is 18.1. The van der Waals surface area contributed by atoms with E-state index in [4.69, 9.17) is 20.1 Å². The van der Waals surface area contributed by atoms with Crippen molar-refractivity contribution in [1.82, 2.24) is 0 Å². The second kappa shape index (κ2) is 10.2. The molecule has 7 nitrogen and oxygen atoms in total. The van der Waals surface area contributed by atoms with Crippen molar-refractivity contribution in [2.75, 3.05) is 12.0 Å². The van der Waals surface area contributed by atoms with E-state index in [1.165, 1.54) is 31.2 Å². The molecular formula is C26H24F3N3O4. The number of esters is 2. The van der Waals surface area contributed by atoms with Gasteiger partial charge in [0.05, 0.1) is 36.0 Å². The third-order valence-corrected chi connectivity index (χ3v) is 5.75. The number of nitrogens with zero attached hydrogens (tertiary/aromatic N) is 2. The van der Waals surface area contributed by atoms with Crippen molar-refractivity contribution in [3.63, 3.8) is 0 Å². The Morgan fingerprint density at radius 2 is 1.78 bits per heavy atom. The summed E-state index contributed by atoms with van der Waals surface area (Å²) in [6.07, 6.45) is -5.19. The van der Waals surface area contributed by atoms with Gasteiger partial charge in [0.15, 0.2) is 0 Å². The molecule has 1 aliphatic heterocycles. The second-order valence-electron chi connectivity index (χ2n) is 8.43. The molecule has 188 valence electrons. The molecule has 36 heavy (non-hydrogen) atoms. The van der Waals surface area contributed by atoms with Crippen LogP contribution in [0.15, 0.2) is 59.8 Å². The molecule has 1 N–H and O–H groups in total. The zero-order chi connectivity index (χ0) is 26.8. The maximum absolute atomic E-state index is 13.4. The van der Waals surface area contributed by atoms with Crippen molar-refractivity contribution in [1.29, 1.82) is 10.7 Å². The van der Waals surface area contributed by atoms with Crippen molar-refractivity contribution in [3.8, 4) is 6.07 Å². The molecule has 0 amide bonds. The predicted molar refractivity (Wildman–Crippen MR) is 125 cm³/mol. The average Bonchev–Trinajstić information content (AvgIpc) is 2.82. The van der Waals surface area contributed by atoms with Gasteiger partial charge in [-0.1, -0.05) is 18.2 Å². The van der Waals surface area contributed by atoms with E-state index in [9.17, 15) is 22.8 Å². The van der Waals surface area contributed by atoms with E-state index in [1.807, 2.05) is 6.07 Å². The highest BCUT2D eigenvalue weighted by atomic mass is 19.4. The Morgan fingerprint density at radius 3 is 2.31 bits per heavy atom. The van der Waals surface area contributed by atoms with Gasteiger partial charge in [0.25, 0.3) is 0 Å². The molecule has 2 aromatic rings. The Labute approximate surface area is 206 Å². The van der Waals surface area contributed by atoms with Crippen molar-refractivity contribution in [2.24, 2.45) is 5.92 Å². The van der Waals surface area contributed by atoms with Crippen LogP contribution in [0.4, 0.5) is 18.9 Å². The molecule has 2 atom stereocenters. The lowest BCUT2D eigenvalue weighted by molar-refractivity contribution is -0.150. The third kappa shape index (κ3) is 5.10. The standard InChI is InChI=1S/C26H24F3N3O4/c1-14(2)36-25(34)22-21(17-10-8-16(13-30)9-11-17)20(24(33)35-4)15(3)32(23(22)31)19-7-5-6-18(12-19)26(27,28)29/h5-12,14,21-22,31H,1-4H3. The molecular weight excluding hydrogens is 475 g/mol. The topological polar surface area (TPSA) is 103 Å². The van der Waals surface area contributed by atoms with E-state index in [-0.39, 0.29) is 22.8 Å². The fourth-order valence-electron chi connectivity index (χ4n) is 4.21. The molecule has 0 saturated heterocycles. The van der Waals surface area contributed by atoms with Crippen LogP contribution in [0.1, 0.15) is 43.4 Å². The number of hydrogen-bond acceptors (Lipinski definition) is 6. The number of ether oxygens (including phenoxy) is 2. The summed E-state index contributed by atoms with van der Waals surface area (Å²) in [5.74, 6) is -4.41. The number of nitrogens with one attached hydrogen (secondary N) is 1. The summed E-state index contributed by atoms with van der Waals surface area (Å²) in [5.41, 5.74) is -0.0923. The molecule has 0 fully saturated rings. The molecule has 2 unspecified atom stereocenters. The van der Waals surface area contributed by atoms with Crippen LogP contribution in [0.3, 0.4) is 0 Å². The van der Waals surface area contributed by atoms with Crippen LogP contribution in [0.5, 0.6) is 0 Å². The minimum atomic E-state index is -4.64. The lowest BCUT2D eigenvalue weighted by atomic mass is 9.75. The van der Waals surface area contributed by atoms with Crippen molar-refractivity contribution in [3.05, 3.63) is 76.5 Å². The van der Waals surface area contributed by atoms with Crippen LogP contribution in [0.2, 0.25) is 0 Å². The summed E-state index contributed by atoms with van der Waals surface area (Å²) in [7, 11) is 1.15. The lowest BCUT2D eigenvalue weighted by Crippen LogP contribution is -2.48. The normalized spacial score (nSPS) is 18.2. The van der Waals surface area contributed by atoms with Gasteiger partial charge in [0.2, 0.25) is 0 Å². The first kappa shape index (κ1) is 26.5. The maximum atomic E-state index is 13.4. The minimum absolute atomic E-state index is 0.0127. The molecule has 0 aliphatic carbocycles. The van der Waals surface area contributed by atoms with E-state index >= 15 is 0 Å². The fourth-order valence-corrected chi connectivity index (χ4v) is 4.21. The number of anilines is 1. The van der Waals surface area contributed by atoms with E-state index in [0.29, 0.717) is 11.1 Å². The SMILES string of the molecule is COC(=O)C1=C(C)N(c2cccc(C(F)(F)F)c2)C(=N)C(C(=O)OC(C)C)C1c1ccc(C#N)cc1. The number of nitriles is 1. The molecule has 3 rings (SSSR count). The highest BCUT2D eigenvalue weighted by Crippen LogP contribution is 2.44. The highest BCUT2D eigenvalue weighted by Gasteiger charge is 2.47. The number of rotatable bonds is 5. The van der Waals surface area contributed by atoms with Gasteiger partial charge >= 0.3 is 18.1 Å². The number of amidine groups is 1. The van der Waals surface area contributed by atoms with Gasteiger partial charge in [-0.05, 0) is 56.7 Å². The second-order valence-corrected chi connectivity index (χ2v) is 8.43. The van der Waals surface area contributed by atoms with Crippen LogP contribution in [0, 0.1) is 22.7 Å². The number of methoxy groups -OCH3 is 1. The van der Waals surface area contributed by atoms with Crippen molar-refractivity contribution in [2.45, 2.75) is 39.0 Å². The van der Waals surface area contributed by atoms with Gasteiger partial charge in [-0.2, -0.15) is 18.4 Å². The zero-order valence-electron chi connectivity index (χ0n) is 20.0. The van der Waals surface area contributed by atoms with Crippen LogP contribution in [0.25, 0.3) is 0 Å². The number of carbonyl (C=O) groups is 2. The molecule has 1 aliphatic rings. The van der Waals surface area contributed by atoms with E-state index in [0.717, 1.165) is 24.1 Å². The Bertz CT molecular complexity index is 1260. The zero-order valence-corrected chi connectivity index (χ0v) is 20.0. The molecule has 0 bridgehead atoms. The molecule has 0 radical (unpaired) electrons. The Hall–Kier alpha value is -4.13. The average molecular weight is 499 g/mol. The number of alkyl halides is 3. The van der Waals surface area contributed by atoms with E-state index < -0.39 is 41.6 Å². The summed E-state index contributed by atoms with van der Waals surface area (Å²) in [4.78, 5) is 27.5. The molecule has 0 spiro atoms. The van der Waals surface area contributed by atoms with Crippen LogP contribution in [-0.2, 0) is 25.2 Å². The smallest absolute Gasteiger partial charge is 0.416 e. The van der Waals surface area contributed by atoms with Crippen LogP contribution >= 0.6 is 0 Å². The molecule has 0 saturated carbocycles. The lowest BCUT2D eigenvalue weighted by Gasteiger charge is -2.40.